The molecule has 4 nitrogen and oxygen atoms in total. The number of ether oxygens (including phenoxy) is 1. The SMILES string of the molecule is FC(F)(F)c1cnc2c(c1)Sc1cc(C(F)(F)F)cc(O[C@@H]3CCCCNC3)c1N2. The molecule has 1 aromatic carbocycles. The third-order valence-corrected chi connectivity index (χ3v) is 5.90. The fourth-order valence-corrected chi connectivity index (χ4v) is 4.39. The zero-order valence-electron chi connectivity index (χ0n) is 15.5. The van der Waals surface area contributed by atoms with Gasteiger partial charge in [0.2, 0.25) is 0 Å². The molecular formula is C19H17F6N3OS. The summed E-state index contributed by atoms with van der Waals surface area (Å²) in [5.74, 6) is 0.150. The first-order valence-electron chi connectivity index (χ1n) is 9.26. The summed E-state index contributed by atoms with van der Waals surface area (Å²) in [5.41, 5.74) is -1.61. The number of hydrogen-bond donors (Lipinski definition) is 2. The zero-order chi connectivity index (χ0) is 21.5. The van der Waals surface area contributed by atoms with E-state index >= 15 is 0 Å². The monoisotopic (exact) mass is 449 g/mol. The number of rotatable bonds is 2. The molecule has 2 N–H and O–H groups in total. The van der Waals surface area contributed by atoms with Crippen LogP contribution in [0.5, 0.6) is 5.75 Å². The minimum atomic E-state index is -4.62. The summed E-state index contributed by atoms with van der Waals surface area (Å²) in [4.78, 5) is 4.05. The van der Waals surface area contributed by atoms with Crippen molar-refractivity contribution < 1.29 is 31.1 Å². The highest BCUT2D eigenvalue weighted by Gasteiger charge is 2.36. The topological polar surface area (TPSA) is 46.2 Å². The van der Waals surface area contributed by atoms with Crippen LogP contribution in [0.1, 0.15) is 30.4 Å². The molecule has 2 aromatic rings. The van der Waals surface area contributed by atoms with Gasteiger partial charge in [-0.3, -0.25) is 0 Å². The van der Waals surface area contributed by atoms with Gasteiger partial charge in [-0.15, -0.1) is 0 Å². The molecule has 30 heavy (non-hydrogen) atoms. The normalized spacial score (nSPS) is 19.3. The smallest absolute Gasteiger partial charge is 0.417 e. The van der Waals surface area contributed by atoms with Gasteiger partial charge in [0.05, 0.1) is 21.7 Å². The summed E-state index contributed by atoms with van der Waals surface area (Å²) >= 11 is 0.803. The average molecular weight is 449 g/mol. The van der Waals surface area contributed by atoms with Crippen LogP contribution in [0.3, 0.4) is 0 Å². The third-order valence-electron chi connectivity index (χ3n) is 4.83. The van der Waals surface area contributed by atoms with Crippen molar-refractivity contribution in [3.8, 4) is 5.75 Å². The predicted octanol–water partition coefficient (Wildman–Crippen LogP) is 5.85. The number of pyridine rings is 1. The maximum Gasteiger partial charge on any atom is 0.417 e. The van der Waals surface area contributed by atoms with Crippen molar-refractivity contribution in [3.63, 3.8) is 0 Å². The highest BCUT2D eigenvalue weighted by molar-refractivity contribution is 7.99. The summed E-state index contributed by atoms with van der Waals surface area (Å²) in [6, 6.07) is 2.71. The maximum absolute atomic E-state index is 13.4. The van der Waals surface area contributed by atoms with Gasteiger partial charge in [0, 0.05) is 17.6 Å². The van der Waals surface area contributed by atoms with Gasteiger partial charge in [0.1, 0.15) is 17.7 Å². The van der Waals surface area contributed by atoms with E-state index in [0.717, 1.165) is 49.3 Å². The van der Waals surface area contributed by atoms with Crippen LogP contribution < -0.4 is 15.4 Å². The van der Waals surface area contributed by atoms with Gasteiger partial charge in [-0.05, 0) is 44.0 Å². The lowest BCUT2D eigenvalue weighted by Gasteiger charge is -2.26. The van der Waals surface area contributed by atoms with Gasteiger partial charge in [0.25, 0.3) is 0 Å². The number of fused-ring (bicyclic) bond motifs is 2. The Morgan fingerprint density at radius 1 is 0.967 bits per heavy atom. The lowest BCUT2D eigenvalue weighted by atomic mass is 10.1. The standard InChI is InChI=1S/C19H17F6N3OS/c20-18(21,22)10-5-13(29-12-3-1-2-4-26-9-12)16-14(6-10)30-15-7-11(19(23,24)25)8-27-17(15)28-16/h5-8,12,26H,1-4,9H2,(H,27,28)/t12-/m1/s1. The van der Waals surface area contributed by atoms with Crippen molar-refractivity contribution >= 4 is 23.3 Å². The van der Waals surface area contributed by atoms with Crippen LogP contribution in [0.4, 0.5) is 37.8 Å². The van der Waals surface area contributed by atoms with E-state index in [0.29, 0.717) is 19.2 Å². The number of nitrogens with zero attached hydrogens (tertiary/aromatic N) is 1. The Morgan fingerprint density at radius 3 is 2.43 bits per heavy atom. The molecule has 4 rings (SSSR count). The molecule has 162 valence electrons. The van der Waals surface area contributed by atoms with Gasteiger partial charge in [-0.2, -0.15) is 26.3 Å². The first kappa shape index (κ1) is 21.1. The molecule has 0 saturated carbocycles. The number of anilines is 2. The summed E-state index contributed by atoms with van der Waals surface area (Å²) in [7, 11) is 0. The lowest BCUT2D eigenvalue weighted by Crippen LogP contribution is -2.29. The van der Waals surface area contributed by atoms with Crippen molar-refractivity contribution in [1.82, 2.24) is 10.3 Å². The molecule has 1 saturated heterocycles. The molecule has 0 radical (unpaired) electrons. The molecule has 1 fully saturated rings. The molecule has 0 unspecified atom stereocenters. The molecule has 0 bridgehead atoms. The van der Waals surface area contributed by atoms with Crippen LogP contribution >= 0.6 is 11.8 Å². The van der Waals surface area contributed by atoms with E-state index in [2.05, 4.69) is 15.6 Å². The van der Waals surface area contributed by atoms with E-state index in [1.165, 1.54) is 0 Å². The van der Waals surface area contributed by atoms with Gasteiger partial charge in [-0.25, -0.2) is 4.98 Å². The van der Waals surface area contributed by atoms with Crippen LogP contribution in [-0.4, -0.2) is 24.2 Å². The highest BCUT2D eigenvalue weighted by atomic mass is 32.2. The van der Waals surface area contributed by atoms with Crippen LogP contribution in [0.25, 0.3) is 0 Å². The van der Waals surface area contributed by atoms with Crippen LogP contribution in [0.2, 0.25) is 0 Å². The fourth-order valence-electron chi connectivity index (χ4n) is 3.33. The average Bonchev–Trinajstić information content (AvgIpc) is 2.93. The minimum absolute atomic E-state index is 0.00775. The van der Waals surface area contributed by atoms with Crippen molar-refractivity contribution in [2.75, 3.05) is 18.4 Å². The Balaban J connectivity index is 1.72. The quantitative estimate of drug-likeness (QED) is 0.481. The summed E-state index contributed by atoms with van der Waals surface area (Å²) in [5, 5.41) is 6.05. The Hall–Kier alpha value is -2.14. The minimum Gasteiger partial charge on any atom is -0.487 e. The Morgan fingerprint density at radius 2 is 1.70 bits per heavy atom. The van der Waals surface area contributed by atoms with Gasteiger partial charge in [0.15, 0.2) is 0 Å². The van der Waals surface area contributed by atoms with Crippen molar-refractivity contribution in [3.05, 3.63) is 35.5 Å². The molecular weight excluding hydrogens is 432 g/mol. The number of alkyl halides is 6. The predicted molar refractivity (Wildman–Crippen MR) is 99.2 cm³/mol. The van der Waals surface area contributed by atoms with E-state index in [9.17, 15) is 26.3 Å². The van der Waals surface area contributed by atoms with E-state index in [4.69, 9.17) is 4.74 Å². The summed E-state index contributed by atoms with van der Waals surface area (Å²) < 4.78 is 85.2. The van der Waals surface area contributed by atoms with Crippen LogP contribution in [0.15, 0.2) is 34.2 Å². The number of benzene rings is 1. The van der Waals surface area contributed by atoms with Gasteiger partial charge in [-0.1, -0.05) is 11.8 Å². The Kier molecular flexibility index (Phi) is 5.52. The van der Waals surface area contributed by atoms with Crippen LogP contribution in [0, 0.1) is 0 Å². The number of halogens is 6. The molecule has 3 heterocycles. The van der Waals surface area contributed by atoms with E-state index < -0.39 is 23.5 Å². The molecule has 2 aliphatic rings. The number of hydrogen-bond acceptors (Lipinski definition) is 5. The molecule has 2 aliphatic heterocycles. The van der Waals surface area contributed by atoms with E-state index in [-0.39, 0.29) is 33.1 Å². The highest BCUT2D eigenvalue weighted by Crippen LogP contribution is 2.50. The molecule has 0 spiro atoms. The molecule has 0 aliphatic carbocycles. The molecule has 1 atom stereocenters. The number of aromatic nitrogens is 1. The molecule has 1 aromatic heterocycles. The second-order valence-corrected chi connectivity index (χ2v) is 8.16. The first-order chi connectivity index (χ1) is 14.1. The Bertz CT molecular complexity index is 939. The second-order valence-electron chi connectivity index (χ2n) is 7.08. The van der Waals surface area contributed by atoms with Gasteiger partial charge >= 0.3 is 12.4 Å². The van der Waals surface area contributed by atoms with Crippen molar-refractivity contribution in [2.45, 2.75) is 47.5 Å². The zero-order valence-corrected chi connectivity index (χ0v) is 16.3. The Labute approximate surface area is 172 Å². The van der Waals surface area contributed by atoms with Crippen molar-refractivity contribution in [1.29, 1.82) is 0 Å². The maximum atomic E-state index is 13.4. The molecule has 0 amide bonds. The largest absolute Gasteiger partial charge is 0.487 e. The second kappa shape index (κ2) is 7.84. The summed E-state index contributed by atoms with van der Waals surface area (Å²) in [6.07, 6.45) is -6.32. The third kappa shape index (κ3) is 4.46. The lowest BCUT2D eigenvalue weighted by molar-refractivity contribution is -0.138. The van der Waals surface area contributed by atoms with Crippen LogP contribution in [-0.2, 0) is 12.4 Å². The molecule has 11 heteroatoms. The summed E-state index contributed by atoms with van der Waals surface area (Å²) in [6.45, 7) is 1.31. The van der Waals surface area contributed by atoms with Gasteiger partial charge < -0.3 is 15.4 Å². The van der Waals surface area contributed by atoms with Crippen molar-refractivity contribution in [2.24, 2.45) is 0 Å². The number of nitrogens with one attached hydrogen (secondary N) is 2. The fraction of sp³-hybridized carbons (Fsp3) is 0.421. The van der Waals surface area contributed by atoms with E-state index in [1.807, 2.05) is 0 Å². The van der Waals surface area contributed by atoms with E-state index in [1.54, 1.807) is 0 Å². The first-order valence-corrected chi connectivity index (χ1v) is 10.1.